The van der Waals surface area contributed by atoms with Gasteiger partial charge in [0.05, 0.1) is 12.2 Å². The Balaban J connectivity index is 1.32. The number of likely N-dealkylation sites (tertiary alicyclic amines) is 1. The number of urea groups is 1. The van der Waals surface area contributed by atoms with Crippen molar-refractivity contribution in [3.63, 3.8) is 0 Å². The molecule has 1 aliphatic heterocycles. The van der Waals surface area contributed by atoms with Crippen molar-refractivity contribution in [2.24, 2.45) is 0 Å². The number of benzene rings is 1. The van der Waals surface area contributed by atoms with Crippen LogP contribution in [0.15, 0.2) is 36.7 Å². The van der Waals surface area contributed by atoms with Crippen LogP contribution < -0.4 is 5.32 Å². The Morgan fingerprint density at radius 3 is 2.69 bits per heavy atom. The number of aryl methyl sites for hydroxylation is 1. The Labute approximate surface area is 159 Å². The maximum atomic E-state index is 12.7. The molecule has 1 aliphatic carbocycles. The Morgan fingerprint density at radius 2 is 2.04 bits per heavy atom. The van der Waals surface area contributed by atoms with E-state index in [1.807, 2.05) is 34.0 Å². The van der Waals surface area contributed by atoms with Gasteiger partial charge in [-0.1, -0.05) is 36.7 Å². The number of carbonyl (C=O) groups is 1. The molecule has 138 valence electrons. The van der Waals surface area contributed by atoms with Crippen LogP contribution in [0.3, 0.4) is 0 Å². The third-order valence-electron chi connectivity index (χ3n) is 5.88. The lowest BCUT2D eigenvalue weighted by molar-refractivity contribution is 0.167. The predicted octanol–water partition coefficient (Wildman–Crippen LogP) is 3.92. The molecule has 2 aromatic rings. The van der Waals surface area contributed by atoms with E-state index in [9.17, 15) is 4.79 Å². The fourth-order valence-electron chi connectivity index (χ4n) is 4.00. The topological polar surface area (TPSA) is 50.2 Å². The van der Waals surface area contributed by atoms with Crippen LogP contribution in [-0.4, -0.2) is 39.8 Å². The lowest BCUT2D eigenvalue weighted by Crippen LogP contribution is -2.46. The highest BCUT2D eigenvalue weighted by molar-refractivity contribution is 6.31. The standard InChI is InChI=1S/C20H25ClN4O/c1-14-12-22-25(13-14)15-7-9-24(10-8-15)19(26)23-18-11-20(18,2)16-5-3-4-6-17(16)21/h3-6,12-13,15,18H,7-11H2,1-2H3,(H,23,26). The molecule has 0 bridgehead atoms. The van der Waals surface area contributed by atoms with Crippen molar-refractivity contribution in [3.05, 3.63) is 52.8 Å². The number of halogens is 1. The molecule has 2 aliphatic rings. The van der Waals surface area contributed by atoms with E-state index in [4.69, 9.17) is 11.6 Å². The summed E-state index contributed by atoms with van der Waals surface area (Å²) >= 11 is 6.34. The number of hydrogen-bond acceptors (Lipinski definition) is 2. The Morgan fingerprint density at radius 1 is 1.31 bits per heavy atom. The van der Waals surface area contributed by atoms with Gasteiger partial charge in [0.1, 0.15) is 0 Å². The predicted molar refractivity (Wildman–Crippen MR) is 103 cm³/mol. The molecule has 0 spiro atoms. The minimum atomic E-state index is -0.0566. The lowest BCUT2D eigenvalue weighted by atomic mass is 9.97. The van der Waals surface area contributed by atoms with Crippen molar-refractivity contribution in [1.82, 2.24) is 20.0 Å². The maximum absolute atomic E-state index is 12.7. The van der Waals surface area contributed by atoms with E-state index >= 15 is 0 Å². The van der Waals surface area contributed by atoms with E-state index in [-0.39, 0.29) is 17.5 Å². The Kier molecular flexibility index (Phi) is 4.43. The summed E-state index contributed by atoms with van der Waals surface area (Å²) in [5, 5.41) is 8.40. The van der Waals surface area contributed by atoms with Gasteiger partial charge in [0.15, 0.2) is 0 Å². The van der Waals surface area contributed by atoms with Crippen LogP contribution in [0.2, 0.25) is 5.02 Å². The van der Waals surface area contributed by atoms with Crippen molar-refractivity contribution < 1.29 is 4.79 Å². The van der Waals surface area contributed by atoms with Crippen molar-refractivity contribution in [1.29, 1.82) is 0 Å². The van der Waals surface area contributed by atoms with Crippen molar-refractivity contribution in [3.8, 4) is 0 Å². The molecule has 1 saturated carbocycles. The van der Waals surface area contributed by atoms with Crippen molar-refractivity contribution in [2.75, 3.05) is 13.1 Å². The average molecular weight is 373 g/mol. The largest absolute Gasteiger partial charge is 0.334 e. The quantitative estimate of drug-likeness (QED) is 0.887. The smallest absolute Gasteiger partial charge is 0.317 e. The summed E-state index contributed by atoms with van der Waals surface area (Å²) in [5.74, 6) is 0. The number of rotatable bonds is 3. The molecule has 1 N–H and O–H groups in total. The van der Waals surface area contributed by atoms with Crippen LogP contribution in [0.1, 0.15) is 43.4 Å². The second kappa shape index (κ2) is 6.62. The molecular formula is C20H25ClN4O. The third-order valence-corrected chi connectivity index (χ3v) is 6.21. The van der Waals surface area contributed by atoms with E-state index in [0.717, 1.165) is 42.9 Å². The van der Waals surface area contributed by atoms with E-state index in [1.165, 1.54) is 5.56 Å². The van der Waals surface area contributed by atoms with E-state index in [2.05, 4.69) is 36.5 Å². The van der Waals surface area contributed by atoms with Gasteiger partial charge in [-0.3, -0.25) is 4.68 Å². The van der Waals surface area contributed by atoms with Crippen molar-refractivity contribution >= 4 is 17.6 Å². The second-order valence-corrected chi connectivity index (χ2v) is 8.23. The van der Waals surface area contributed by atoms with Gasteiger partial charge in [-0.05, 0) is 43.4 Å². The molecule has 1 saturated heterocycles. The zero-order chi connectivity index (χ0) is 18.3. The highest BCUT2D eigenvalue weighted by atomic mass is 35.5. The fraction of sp³-hybridized carbons (Fsp3) is 0.500. The van der Waals surface area contributed by atoms with Crippen LogP contribution in [0.5, 0.6) is 0 Å². The first-order chi connectivity index (χ1) is 12.5. The summed E-state index contributed by atoms with van der Waals surface area (Å²) in [6.45, 7) is 5.76. The number of hydrogen-bond donors (Lipinski definition) is 1. The summed E-state index contributed by atoms with van der Waals surface area (Å²) in [6, 6.07) is 8.51. The SMILES string of the molecule is Cc1cnn(C2CCN(C(=O)NC3CC3(C)c3ccccc3Cl)CC2)c1. The van der Waals surface area contributed by atoms with Crippen LogP contribution in [0.25, 0.3) is 0 Å². The summed E-state index contributed by atoms with van der Waals surface area (Å²) in [4.78, 5) is 14.6. The highest BCUT2D eigenvalue weighted by Gasteiger charge is 2.53. The van der Waals surface area contributed by atoms with Gasteiger partial charge in [0.25, 0.3) is 0 Å². The molecule has 2 fully saturated rings. The number of nitrogens with zero attached hydrogens (tertiary/aromatic N) is 3. The zero-order valence-corrected chi connectivity index (χ0v) is 16.0. The molecule has 2 atom stereocenters. The minimum absolute atomic E-state index is 0.0425. The van der Waals surface area contributed by atoms with Gasteiger partial charge in [0.2, 0.25) is 0 Å². The monoisotopic (exact) mass is 372 g/mol. The molecule has 2 amide bonds. The number of piperidine rings is 1. The van der Waals surface area contributed by atoms with E-state index in [0.29, 0.717) is 6.04 Å². The summed E-state index contributed by atoms with van der Waals surface area (Å²) in [7, 11) is 0. The molecule has 0 radical (unpaired) electrons. The molecule has 2 heterocycles. The normalized spacial score (nSPS) is 26.0. The van der Waals surface area contributed by atoms with Crippen LogP contribution >= 0.6 is 11.6 Å². The molecule has 2 unspecified atom stereocenters. The maximum Gasteiger partial charge on any atom is 0.317 e. The van der Waals surface area contributed by atoms with Gasteiger partial charge in [-0.25, -0.2) is 4.79 Å². The molecule has 5 nitrogen and oxygen atoms in total. The van der Waals surface area contributed by atoms with E-state index < -0.39 is 0 Å². The van der Waals surface area contributed by atoms with Crippen LogP contribution in [-0.2, 0) is 5.41 Å². The molecule has 4 rings (SSSR count). The van der Waals surface area contributed by atoms with Gasteiger partial charge < -0.3 is 10.2 Å². The van der Waals surface area contributed by atoms with Crippen LogP contribution in [0, 0.1) is 6.92 Å². The fourth-order valence-corrected chi connectivity index (χ4v) is 4.36. The summed E-state index contributed by atoms with van der Waals surface area (Å²) in [6.07, 6.45) is 6.80. The third kappa shape index (κ3) is 3.20. The number of amides is 2. The Hall–Kier alpha value is -2.01. The number of nitrogens with one attached hydrogen (secondary N) is 1. The van der Waals surface area contributed by atoms with Crippen molar-refractivity contribution in [2.45, 2.75) is 50.6 Å². The first kappa shape index (κ1) is 17.4. The first-order valence-electron chi connectivity index (χ1n) is 9.28. The molecule has 1 aromatic carbocycles. The molecular weight excluding hydrogens is 348 g/mol. The average Bonchev–Trinajstić information content (AvgIpc) is 3.08. The Bertz CT molecular complexity index is 812. The molecule has 1 aromatic heterocycles. The molecule has 26 heavy (non-hydrogen) atoms. The van der Waals surface area contributed by atoms with E-state index in [1.54, 1.807) is 0 Å². The van der Waals surface area contributed by atoms with Gasteiger partial charge in [-0.15, -0.1) is 0 Å². The number of carbonyl (C=O) groups excluding carboxylic acids is 1. The highest BCUT2D eigenvalue weighted by Crippen LogP contribution is 2.50. The van der Waals surface area contributed by atoms with Gasteiger partial charge in [0, 0.05) is 35.8 Å². The summed E-state index contributed by atoms with van der Waals surface area (Å²) in [5.41, 5.74) is 2.25. The number of aromatic nitrogens is 2. The van der Waals surface area contributed by atoms with Gasteiger partial charge in [-0.2, -0.15) is 5.10 Å². The summed E-state index contributed by atoms with van der Waals surface area (Å²) < 4.78 is 2.04. The van der Waals surface area contributed by atoms with Crippen LogP contribution in [0.4, 0.5) is 4.79 Å². The minimum Gasteiger partial charge on any atom is -0.334 e. The second-order valence-electron chi connectivity index (χ2n) is 7.82. The first-order valence-corrected chi connectivity index (χ1v) is 9.66. The lowest BCUT2D eigenvalue weighted by Gasteiger charge is -2.32. The molecule has 6 heteroatoms. The van der Waals surface area contributed by atoms with Gasteiger partial charge >= 0.3 is 6.03 Å². The zero-order valence-electron chi connectivity index (χ0n) is 15.3.